The van der Waals surface area contributed by atoms with E-state index < -0.39 is 11.6 Å². The summed E-state index contributed by atoms with van der Waals surface area (Å²) in [6.07, 6.45) is 1.93. The number of hydrogen-bond donors (Lipinski definition) is 0. The summed E-state index contributed by atoms with van der Waals surface area (Å²) < 4.78 is 25.8. The van der Waals surface area contributed by atoms with Crippen LogP contribution in [0.5, 0.6) is 0 Å². The molecule has 0 aliphatic carbocycles. The highest BCUT2D eigenvalue weighted by atomic mass is 19.2. The Morgan fingerprint density at radius 3 is 2.22 bits per heavy atom. The Kier molecular flexibility index (Phi) is 5.92. The molecule has 0 saturated carbocycles. The van der Waals surface area contributed by atoms with Crippen molar-refractivity contribution in [2.45, 2.75) is 26.7 Å². The lowest BCUT2D eigenvalue weighted by atomic mass is 10.1. The van der Waals surface area contributed by atoms with E-state index in [-0.39, 0.29) is 17.9 Å². The maximum Gasteiger partial charge on any atom is 0.176 e. The van der Waals surface area contributed by atoms with Crippen LogP contribution in [0.4, 0.5) is 8.78 Å². The summed E-state index contributed by atoms with van der Waals surface area (Å²) in [6, 6.07) is 3.29. The van der Waals surface area contributed by atoms with E-state index in [0.29, 0.717) is 0 Å². The first-order chi connectivity index (χ1) is 8.58. The van der Waals surface area contributed by atoms with Gasteiger partial charge in [-0.05, 0) is 44.1 Å². The molecule has 0 aliphatic rings. The van der Waals surface area contributed by atoms with Gasteiger partial charge in [0.15, 0.2) is 17.4 Å². The van der Waals surface area contributed by atoms with Crippen molar-refractivity contribution in [1.29, 1.82) is 0 Å². The fourth-order valence-corrected chi connectivity index (χ4v) is 1.87. The van der Waals surface area contributed by atoms with E-state index in [1.165, 1.54) is 6.07 Å². The smallest absolute Gasteiger partial charge is 0.176 e. The van der Waals surface area contributed by atoms with Crippen LogP contribution in [0.2, 0.25) is 0 Å². The van der Waals surface area contributed by atoms with Gasteiger partial charge < -0.3 is 0 Å². The van der Waals surface area contributed by atoms with Crippen LogP contribution in [0, 0.1) is 11.6 Å². The largest absolute Gasteiger partial charge is 0.296 e. The zero-order chi connectivity index (χ0) is 13.5. The van der Waals surface area contributed by atoms with Crippen molar-refractivity contribution in [3.63, 3.8) is 0 Å². The Balaban J connectivity index is 2.70. The van der Waals surface area contributed by atoms with Gasteiger partial charge in [0, 0.05) is 5.56 Å². The van der Waals surface area contributed by atoms with E-state index in [4.69, 9.17) is 0 Å². The molecule has 0 radical (unpaired) electrons. The maximum absolute atomic E-state index is 13.0. The zero-order valence-electron chi connectivity index (χ0n) is 10.9. The number of Topliss-reactive ketones (excluding diaryl/α,β-unsaturated/α-hetero) is 1. The molecule has 18 heavy (non-hydrogen) atoms. The molecule has 1 aromatic rings. The molecule has 0 N–H and O–H groups in total. The monoisotopic (exact) mass is 255 g/mol. The van der Waals surface area contributed by atoms with Crippen LogP contribution in [-0.2, 0) is 0 Å². The molecular formula is C14H19F2NO. The molecule has 0 unspecified atom stereocenters. The van der Waals surface area contributed by atoms with E-state index in [0.717, 1.165) is 38.1 Å². The Morgan fingerprint density at radius 1 is 1.11 bits per heavy atom. The lowest BCUT2D eigenvalue weighted by Crippen LogP contribution is -2.31. The van der Waals surface area contributed by atoms with Crippen molar-refractivity contribution < 1.29 is 13.6 Å². The molecule has 0 spiro atoms. The summed E-state index contributed by atoms with van der Waals surface area (Å²) in [7, 11) is 0. The standard InChI is InChI=1S/C14H19F2NO/c1-3-7-17(8-4-2)10-14(18)11-5-6-12(15)13(16)9-11/h5-6,9H,3-4,7-8,10H2,1-2H3. The highest BCUT2D eigenvalue weighted by Gasteiger charge is 2.13. The van der Waals surface area contributed by atoms with Crippen LogP contribution < -0.4 is 0 Å². The van der Waals surface area contributed by atoms with Crippen LogP contribution >= 0.6 is 0 Å². The van der Waals surface area contributed by atoms with Gasteiger partial charge in [-0.3, -0.25) is 9.69 Å². The average Bonchev–Trinajstić information content (AvgIpc) is 2.33. The molecule has 0 amide bonds. The summed E-state index contributed by atoms with van der Waals surface area (Å²) in [5.41, 5.74) is 0.228. The number of ketones is 1. The Bertz CT molecular complexity index is 401. The summed E-state index contributed by atoms with van der Waals surface area (Å²) in [6.45, 7) is 6.02. The second kappa shape index (κ2) is 7.21. The molecule has 4 heteroatoms. The number of rotatable bonds is 7. The summed E-state index contributed by atoms with van der Waals surface area (Å²) in [5, 5.41) is 0. The average molecular weight is 255 g/mol. The molecule has 0 saturated heterocycles. The van der Waals surface area contributed by atoms with Crippen LogP contribution in [-0.4, -0.2) is 30.3 Å². The molecule has 0 atom stereocenters. The van der Waals surface area contributed by atoms with E-state index in [9.17, 15) is 13.6 Å². The third-order valence-corrected chi connectivity index (χ3v) is 2.69. The predicted molar refractivity (Wildman–Crippen MR) is 67.7 cm³/mol. The number of halogens is 2. The molecule has 1 rings (SSSR count). The summed E-state index contributed by atoms with van der Waals surface area (Å²) >= 11 is 0. The maximum atomic E-state index is 13.0. The van der Waals surface area contributed by atoms with Gasteiger partial charge in [-0.1, -0.05) is 13.8 Å². The van der Waals surface area contributed by atoms with Gasteiger partial charge in [-0.2, -0.15) is 0 Å². The first-order valence-electron chi connectivity index (χ1n) is 6.29. The Hall–Kier alpha value is -1.29. The second-order valence-corrected chi connectivity index (χ2v) is 4.33. The van der Waals surface area contributed by atoms with Gasteiger partial charge in [0.05, 0.1) is 6.54 Å². The van der Waals surface area contributed by atoms with Crippen LogP contribution in [0.15, 0.2) is 18.2 Å². The summed E-state index contributed by atoms with van der Waals surface area (Å²) in [5.74, 6) is -2.07. The minimum atomic E-state index is -0.974. The third-order valence-electron chi connectivity index (χ3n) is 2.69. The molecule has 0 fully saturated rings. The van der Waals surface area contributed by atoms with Gasteiger partial charge in [0.2, 0.25) is 0 Å². The zero-order valence-corrected chi connectivity index (χ0v) is 10.9. The Morgan fingerprint density at radius 2 is 1.72 bits per heavy atom. The van der Waals surface area contributed by atoms with Crippen molar-refractivity contribution in [2.24, 2.45) is 0 Å². The quantitative estimate of drug-likeness (QED) is 0.697. The fraction of sp³-hybridized carbons (Fsp3) is 0.500. The van der Waals surface area contributed by atoms with Crippen molar-refractivity contribution in [3.05, 3.63) is 35.4 Å². The number of benzene rings is 1. The molecule has 0 bridgehead atoms. The fourth-order valence-electron chi connectivity index (χ4n) is 1.87. The van der Waals surface area contributed by atoms with Crippen LogP contribution in [0.1, 0.15) is 37.0 Å². The van der Waals surface area contributed by atoms with Gasteiger partial charge in [-0.15, -0.1) is 0 Å². The second-order valence-electron chi connectivity index (χ2n) is 4.33. The number of hydrogen-bond acceptors (Lipinski definition) is 2. The number of carbonyl (C=O) groups is 1. The highest BCUT2D eigenvalue weighted by Crippen LogP contribution is 2.10. The normalized spacial score (nSPS) is 10.9. The molecule has 0 aliphatic heterocycles. The summed E-state index contributed by atoms with van der Waals surface area (Å²) in [4.78, 5) is 14.0. The van der Waals surface area contributed by atoms with E-state index in [1.54, 1.807) is 0 Å². The topological polar surface area (TPSA) is 20.3 Å². The molecular weight excluding hydrogens is 236 g/mol. The molecule has 0 aromatic heterocycles. The van der Waals surface area contributed by atoms with Crippen molar-refractivity contribution >= 4 is 5.78 Å². The van der Waals surface area contributed by atoms with Gasteiger partial charge in [-0.25, -0.2) is 8.78 Å². The molecule has 0 heterocycles. The van der Waals surface area contributed by atoms with Crippen LogP contribution in [0.3, 0.4) is 0 Å². The van der Waals surface area contributed by atoms with E-state index >= 15 is 0 Å². The van der Waals surface area contributed by atoms with Crippen LogP contribution in [0.25, 0.3) is 0 Å². The molecule has 2 nitrogen and oxygen atoms in total. The van der Waals surface area contributed by atoms with Gasteiger partial charge >= 0.3 is 0 Å². The lowest BCUT2D eigenvalue weighted by molar-refractivity contribution is 0.0930. The minimum absolute atomic E-state index is 0.171. The minimum Gasteiger partial charge on any atom is -0.296 e. The third kappa shape index (κ3) is 4.18. The first-order valence-corrected chi connectivity index (χ1v) is 6.29. The van der Waals surface area contributed by atoms with E-state index in [1.807, 2.05) is 18.7 Å². The van der Waals surface area contributed by atoms with Crippen molar-refractivity contribution in [2.75, 3.05) is 19.6 Å². The van der Waals surface area contributed by atoms with E-state index in [2.05, 4.69) is 0 Å². The number of carbonyl (C=O) groups excluding carboxylic acids is 1. The SMILES string of the molecule is CCCN(CCC)CC(=O)c1ccc(F)c(F)c1. The van der Waals surface area contributed by atoms with Crippen molar-refractivity contribution in [3.8, 4) is 0 Å². The highest BCUT2D eigenvalue weighted by molar-refractivity contribution is 5.97. The first kappa shape index (κ1) is 14.8. The predicted octanol–water partition coefficient (Wildman–Crippen LogP) is 3.27. The Labute approximate surface area is 107 Å². The van der Waals surface area contributed by atoms with Crippen molar-refractivity contribution in [1.82, 2.24) is 4.90 Å². The molecule has 1 aromatic carbocycles. The molecule has 100 valence electrons. The lowest BCUT2D eigenvalue weighted by Gasteiger charge is -2.19. The number of nitrogens with zero attached hydrogens (tertiary/aromatic N) is 1. The van der Waals surface area contributed by atoms with Gasteiger partial charge in [0.25, 0.3) is 0 Å². The van der Waals surface area contributed by atoms with Gasteiger partial charge in [0.1, 0.15) is 0 Å².